The van der Waals surface area contributed by atoms with E-state index in [0.717, 1.165) is 0 Å². The van der Waals surface area contributed by atoms with Crippen molar-refractivity contribution in [3.63, 3.8) is 0 Å². The van der Waals surface area contributed by atoms with E-state index in [-0.39, 0.29) is 16.2 Å². The fourth-order valence-electron chi connectivity index (χ4n) is 3.33. The molecular formula is C15H26O. The van der Waals surface area contributed by atoms with E-state index in [2.05, 4.69) is 54.5 Å². The predicted octanol–water partition coefficient (Wildman–Crippen LogP) is 3.94. The average molecular weight is 222 g/mol. The van der Waals surface area contributed by atoms with Crippen molar-refractivity contribution >= 4 is 0 Å². The van der Waals surface area contributed by atoms with Crippen LogP contribution in [0.4, 0.5) is 0 Å². The largest absolute Gasteiger partial charge is 0.388 e. The van der Waals surface area contributed by atoms with Crippen LogP contribution in [0.1, 0.15) is 48.5 Å². The van der Waals surface area contributed by atoms with E-state index in [1.54, 1.807) is 0 Å². The van der Waals surface area contributed by atoms with Gasteiger partial charge in [0.2, 0.25) is 0 Å². The summed E-state index contributed by atoms with van der Waals surface area (Å²) in [5, 5.41) is 10.5. The van der Waals surface area contributed by atoms with Crippen LogP contribution in [0, 0.1) is 16.2 Å². The highest BCUT2D eigenvalue weighted by Crippen LogP contribution is 2.56. The van der Waals surface area contributed by atoms with Gasteiger partial charge in [-0.2, -0.15) is 0 Å². The zero-order valence-corrected chi connectivity index (χ0v) is 11.8. The summed E-state index contributed by atoms with van der Waals surface area (Å²) in [7, 11) is 0. The normalized spacial score (nSPS) is 25.5. The maximum Gasteiger partial charge on any atom is 0.0824 e. The van der Waals surface area contributed by atoms with Crippen molar-refractivity contribution in [2.75, 3.05) is 0 Å². The van der Waals surface area contributed by atoms with Gasteiger partial charge in [0, 0.05) is 5.41 Å². The molecule has 0 saturated heterocycles. The lowest BCUT2D eigenvalue weighted by Gasteiger charge is -2.55. The van der Waals surface area contributed by atoms with E-state index in [9.17, 15) is 5.11 Å². The van der Waals surface area contributed by atoms with Gasteiger partial charge in [0.05, 0.1) is 6.10 Å². The Morgan fingerprint density at radius 3 is 1.81 bits per heavy atom. The Labute approximate surface area is 100 Å². The van der Waals surface area contributed by atoms with Crippen molar-refractivity contribution in [2.45, 2.75) is 54.6 Å². The number of hydrogen-bond donors (Lipinski definition) is 1. The van der Waals surface area contributed by atoms with Crippen LogP contribution in [-0.2, 0) is 0 Å². The third kappa shape index (κ3) is 1.86. The van der Waals surface area contributed by atoms with Crippen LogP contribution in [0.2, 0.25) is 0 Å². The number of aliphatic hydroxyl groups is 1. The topological polar surface area (TPSA) is 20.2 Å². The Kier molecular flexibility index (Phi) is 3.15. The minimum absolute atomic E-state index is 0.0245. The first kappa shape index (κ1) is 13.5. The van der Waals surface area contributed by atoms with Crippen molar-refractivity contribution in [2.24, 2.45) is 16.2 Å². The first-order valence-electron chi connectivity index (χ1n) is 6.08. The Bertz CT molecular complexity index is 306. The van der Waals surface area contributed by atoms with Crippen LogP contribution < -0.4 is 0 Å². The Hall–Kier alpha value is -0.560. The summed E-state index contributed by atoms with van der Waals surface area (Å²) in [5.41, 5.74) is 1.09. The van der Waals surface area contributed by atoms with Gasteiger partial charge in [-0.3, -0.25) is 0 Å². The van der Waals surface area contributed by atoms with E-state index >= 15 is 0 Å². The summed E-state index contributed by atoms with van der Waals surface area (Å²) in [4.78, 5) is 0. The minimum atomic E-state index is -0.406. The first-order chi connectivity index (χ1) is 7.02. The van der Waals surface area contributed by atoms with Gasteiger partial charge in [-0.25, -0.2) is 0 Å². The van der Waals surface area contributed by atoms with Crippen molar-refractivity contribution in [1.82, 2.24) is 0 Å². The smallest absolute Gasteiger partial charge is 0.0824 e. The molecule has 0 aromatic carbocycles. The summed E-state index contributed by atoms with van der Waals surface area (Å²) in [6.07, 6.45) is 5.81. The molecule has 1 aliphatic rings. The quantitative estimate of drug-likeness (QED) is 0.658. The van der Waals surface area contributed by atoms with Gasteiger partial charge in [0.15, 0.2) is 0 Å². The van der Waals surface area contributed by atoms with E-state index in [1.807, 2.05) is 12.2 Å². The highest BCUT2D eigenvalue weighted by atomic mass is 16.3. The number of aliphatic hydroxyl groups excluding tert-OH is 1. The summed E-state index contributed by atoms with van der Waals surface area (Å²) >= 11 is 0. The lowest BCUT2D eigenvalue weighted by molar-refractivity contribution is -0.0711. The van der Waals surface area contributed by atoms with Crippen molar-refractivity contribution in [3.8, 4) is 0 Å². The first-order valence-corrected chi connectivity index (χ1v) is 6.08. The van der Waals surface area contributed by atoms with Gasteiger partial charge in [-0.15, -0.1) is 0 Å². The lowest BCUT2D eigenvalue weighted by Crippen LogP contribution is -2.53. The van der Waals surface area contributed by atoms with E-state index in [4.69, 9.17) is 0 Å². The maximum atomic E-state index is 10.5. The fourth-order valence-corrected chi connectivity index (χ4v) is 3.33. The molecule has 0 aromatic heterocycles. The Morgan fingerprint density at radius 2 is 1.50 bits per heavy atom. The van der Waals surface area contributed by atoms with Gasteiger partial charge < -0.3 is 5.11 Å². The van der Waals surface area contributed by atoms with Crippen molar-refractivity contribution < 1.29 is 5.11 Å². The molecule has 1 N–H and O–H groups in total. The van der Waals surface area contributed by atoms with E-state index in [0.29, 0.717) is 0 Å². The molecule has 0 fully saturated rings. The summed E-state index contributed by atoms with van der Waals surface area (Å²) < 4.78 is 0. The van der Waals surface area contributed by atoms with Crippen molar-refractivity contribution in [1.29, 1.82) is 0 Å². The summed E-state index contributed by atoms with van der Waals surface area (Å²) in [5.74, 6) is 0. The second-order valence-electron chi connectivity index (χ2n) is 7.06. The summed E-state index contributed by atoms with van der Waals surface area (Å²) in [6.45, 7) is 15.4. The molecule has 0 saturated carbocycles. The van der Waals surface area contributed by atoms with E-state index < -0.39 is 6.10 Å². The molecular weight excluding hydrogens is 196 g/mol. The van der Waals surface area contributed by atoms with Crippen LogP contribution in [0.3, 0.4) is 0 Å². The lowest BCUT2D eigenvalue weighted by atomic mass is 9.50. The molecule has 0 spiro atoms. The third-order valence-corrected chi connectivity index (χ3v) is 3.95. The molecule has 92 valence electrons. The van der Waals surface area contributed by atoms with Gasteiger partial charge in [0.1, 0.15) is 0 Å². The molecule has 1 atom stereocenters. The number of rotatable bonds is 0. The average Bonchev–Trinajstić information content (AvgIpc) is 2.04. The molecule has 0 bridgehead atoms. The highest BCUT2D eigenvalue weighted by Gasteiger charge is 2.53. The number of allylic oxidation sites excluding steroid dienone is 2. The second kappa shape index (κ2) is 3.73. The summed E-state index contributed by atoms with van der Waals surface area (Å²) in [6, 6.07) is 0. The van der Waals surface area contributed by atoms with Crippen LogP contribution in [0.5, 0.6) is 0 Å². The molecule has 16 heavy (non-hydrogen) atoms. The van der Waals surface area contributed by atoms with Gasteiger partial charge >= 0.3 is 0 Å². The molecule has 1 unspecified atom stereocenters. The molecule has 0 aromatic rings. The van der Waals surface area contributed by atoms with Crippen LogP contribution in [0.25, 0.3) is 0 Å². The molecule has 1 rings (SSSR count). The zero-order valence-electron chi connectivity index (χ0n) is 11.8. The molecule has 1 heteroatoms. The predicted molar refractivity (Wildman–Crippen MR) is 70.2 cm³/mol. The second-order valence-corrected chi connectivity index (χ2v) is 7.06. The molecule has 0 radical (unpaired) electrons. The van der Waals surface area contributed by atoms with E-state index in [1.165, 1.54) is 5.57 Å². The van der Waals surface area contributed by atoms with Gasteiger partial charge in [-0.05, 0) is 17.8 Å². The Balaban J connectivity index is 3.43. The standard InChI is InChI=1S/C15H26O/c1-11-8-9-12(16)15(10-11,13(2,3)4)14(5,6)7/h8-10,12,16H,1-7H3. The van der Waals surface area contributed by atoms with Crippen LogP contribution >= 0.6 is 0 Å². The van der Waals surface area contributed by atoms with Crippen LogP contribution in [-0.4, -0.2) is 11.2 Å². The third-order valence-electron chi connectivity index (χ3n) is 3.95. The SMILES string of the molecule is CC1=CC(C(C)(C)C)(C(C)(C)C)C(O)C=C1. The molecule has 0 amide bonds. The monoisotopic (exact) mass is 222 g/mol. The molecule has 1 nitrogen and oxygen atoms in total. The minimum Gasteiger partial charge on any atom is -0.388 e. The zero-order chi connectivity index (χ0) is 12.8. The Morgan fingerprint density at radius 1 is 1.06 bits per heavy atom. The van der Waals surface area contributed by atoms with Gasteiger partial charge in [0.25, 0.3) is 0 Å². The van der Waals surface area contributed by atoms with Crippen molar-refractivity contribution in [3.05, 3.63) is 23.8 Å². The molecule has 0 aliphatic heterocycles. The molecule has 1 aliphatic carbocycles. The fraction of sp³-hybridized carbons (Fsp3) is 0.733. The van der Waals surface area contributed by atoms with Gasteiger partial charge in [-0.1, -0.05) is 65.3 Å². The molecule has 0 heterocycles. The highest BCUT2D eigenvalue weighted by molar-refractivity contribution is 5.32. The van der Waals surface area contributed by atoms with Crippen LogP contribution in [0.15, 0.2) is 23.8 Å². The maximum absolute atomic E-state index is 10.5. The number of hydrogen-bond acceptors (Lipinski definition) is 1.